The van der Waals surface area contributed by atoms with Gasteiger partial charge in [-0.15, -0.1) is 0 Å². The number of aromatic nitrogens is 2. The fraction of sp³-hybridized carbons (Fsp3) is 0.0769. The van der Waals surface area contributed by atoms with Crippen molar-refractivity contribution in [1.29, 1.82) is 0 Å². The molecule has 2 rings (SSSR count). The van der Waals surface area contributed by atoms with E-state index in [2.05, 4.69) is 28.3 Å². The SMILES string of the molecule is C=Nc1nc(-c2cccc(N)c2)[nH]c1C(=C)C. The van der Waals surface area contributed by atoms with Gasteiger partial charge >= 0.3 is 0 Å². The standard InChI is InChI=1S/C13H14N4/c1-8(2)11-13(15-3)17-12(16-11)9-5-4-6-10(14)7-9/h4-7H,1,3,14H2,2H3,(H,16,17). The van der Waals surface area contributed by atoms with Gasteiger partial charge in [-0.05, 0) is 31.3 Å². The molecule has 4 heteroatoms. The first-order valence-electron chi connectivity index (χ1n) is 5.20. The maximum Gasteiger partial charge on any atom is 0.177 e. The van der Waals surface area contributed by atoms with Gasteiger partial charge in [-0.3, -0.25) is 0 Å². The molecule has 4 nitrogen and oxygen atoms in total. The molecule has 2 aromatic rings. The Balaban J connectivity index is 2.54. The van der Waals surface area contributed by atoms with Crippen LogP contribution in [0.1, 0.15) is 12.6 Å². The lowest BCUT2D eigenvalue weighted by atomic mass is 10.2. The first kappa shape index (κ1) is 11.1. The minimum atomic E-state index is 0.565. The second-order valence-electron chi connectivity index (χ2n) is 3.85. The number of rotatable bonds is 3. The molecule has 1 heterocycles. The number of aliphatic imine (C=N–C) groups is 1. The van der Waals surface area contributed by atoms with Crippen molar-refractivity contribution in [2.75, 3.05) is 5.73 Å². The van der Waals surface area contributed by atoms with Crippen LogP contribution < -0.4 is 5.73 Å². The van der Waals surface area contributed by atoms with E-state index < -0.39 is 0 Å². The van der Waals surface area contributed by atoms with Crippen LogP contribution in [-0.4, -0.2) is 16.7 Å². The summed E-state index contributed by atoms with van der Waals surface area (Å²) < 4.78 is 0. The normalized spacial score (nSPS) is 10.2. The zero-order valence-corrected chi connectivity index (χ0v) is 9.70. The lowest BCUT2D eigenvalue weighted by molar-refractivity contribution is 1.29. The molecule has 0 fully saturated rings. The molecule has 0 saturated heterocycles. The van der Waals surface area contributed by atoms with E-state index in [1.54, 1.807) is 0 Å². The minimum absolute atomic E-state index is 0.565. The van der Waals surface area contributed by atoms with Gasteiger partial charge in [0.25, 0.3) is 0 Å². The summed E-state index contributed by atoms with van der Waals surface area (Å²) in [5, 5.41) is 0. The number of anilines is 1. The largest absolute Gasteiger partial charge is 0.399 e. The number of benzene rings is 1. The lowest BCUT2D eigenvalue weighted by Crippen LogP contribution is -1.86. The maximum atomic E-state index is 5.74. The van der Waals surface area contributed by atoms with Gasteiger partial charge in [-0.2, -0.15) is 0 Å². The van der Waals surface area contributed by atoms with Crippen LogP contribution in [0.2, 0.25) is 0 Å². The smallest absolute Gasteiger partial charge is 0.177 e. The first-order chi connectivity index (χ1) is 8.11. The molecular weight excluding hydrogens is 212 g/mol. The zero-order valence-electron chi connectivity index (χ0n) is 9.70. The molecule has 1 aromatic carbocycles. The van der Waals surface area contributed by atoms with Crippen molar-refractivity contribution in [2.45, 2.75) is 6.92 Å². The van der Waals surface area contributed by atoms with Gasteiger partial charge in [0.2, 0.25) is 0 Å². The molecule has 0 amide bonds. The Morgan fingerprint density at radius 3 is 2.76 bits per heavy atom. The van der Waals surface area contributed by atoms with Crippen molar-refractivity contribution in [2.24, 2.45) is 4.99 Å². The van der Waals surface area contributed by atoms with Gasteiger partial charge < -0.3 is 10.7 Å². The summed E-state index contributed by atoms with van der Waals surface area (Å²) in [6.45, 7) is 9.27. The molecule has 3 N–H and O–H groups in total. The highest BCUT2D eigenvalue weighted by Gasteiger charge is 2.10. The predicted octanol–water partition coefficient (Wildman–Crippen LogP) is 3.02. The number of imidazole rings is 1. The highest BCUT2D eigenvalue weighted by atomic mass is 15.0. The summed E-state index contributed by atoms with van der Waals surface area (Å²) in [5.41, 5.74) is 9.03. The Bertz CT molecular complexity index is 581. The molecule has 0 aliphatic heterocycles. The lowest BCUT2D eigenvalue weighted by Gasteiger charge is -1.98. The summed E-state index contributed by atoms with van der Waals surface area (Å²) in [6, 6.07) is 7.51. The van der Waals surface area contributed by atoms with Crippen molar-refractivity contribution >= 4 is 23.8 Å². The molecule has 0 radical (unpaired) electrons. The number of nitrogens with one attached hydrogen (secondary N) is 1. The Hall–Kier alpha value is -2.36. The van der Waals surface area contributed by atoms with Crippen LogP contribution in [-0.2, 0) is 0 Å². The van der Waals surface area contributed by atoms with Crippen LogP contribution in [0.3, 0.4) is 0 Å². The average Bonchev–Trinajstić information content (AvgIpc) is 2.73. The number of hydrogen-bond donors (Lipinski definition) is 2. The summed E-state index contributed by atoms with van der Waals surface area (Å²) in [4.78, 5) is 11.4. The van der Waals surface area contributed by atoms with E-state index in [0.29, 0.717) is 11.5 Å². The maximum absolute atomic E-state index is 5.74. The fourth-order valence-electron chi connectivity index (χ4n) is 1.60. The average molecular weight is 226 g/mol. The second kappa shape index (κ2) is 4.25. The van der Waals surface area contributed by atoms with E-state index in [1.807, 2.05) is 31.2 Å². The van der Waals surface area contributed by atoms with Crippen LogP contribution in [0.4, 0.5) is 11.5 Å². The summed E-state index contributed by atoms with van der Waals surface area (Å²) in [5.74, 6) is 1.28. The van der Waals surface area contributed by atoms with E-state index in [-0.39, 0.29) is 0 Å². The monoisotopic (exact) mass is 226 g/mol. The first-order valence-corrected chi connectivity index (χ1v) is 5.20. The van der Waals surface area contributed by atoms with Gasteiger partial charge in [-0.1, -0.05) is 18.7 Å². The molecule has 17 heavy (non-hydrogen) atoms. The van der Waals surface area contributed by atoms with E-state index in [9.17, 15) is 0 Å². The minimum Gasteiger partial charge on any atom is -0.399 e. The van der Waals surface area contributed by atoms with Crippen LogP contribution in [0.15, 0.2) is 35.8 Å². The summed E-state index contributed by atoms with van der Waals surface area (Å²) in [6.07, 6.45) is 0. The van der Waals surface area contributed by atoms with Crippen molar-refractivity contribution in [3.05, 3.63) is 36.5 Å². The third kappa shape index (κ3) is 2.10. The predicted molar refractivity (Wildman–Crippen MR) is 72.4 cm³/mol. The van der Waals surface area contributed by atoms with E-state index in [4.69, 9.17) is 5.73 Å². The molecular formula is C13H14N4. The fourth-order valence-corrected chi connectivity index (χ4v) is 1.60. The van der Waals surface area contributed by atoms with Crippen LogP contribution in [0.5, 0.6) is 0 Å². The third-order valence-corrected chi connectivity index (χ3v) is 2.42. The number of nitrogens with two attached hydrogens (primary N) is 1. The van der Waals surface area contributed by atoms with E-state index in [1.165, 1.54) is 0 Å². The number of H-pyrrole nitrogens is 1. The van der Waals surface area contributed by atoms with Crippen molar-refractivity contribution in [3.63, 3.8) is 0 Å². The molecule has 1 aromatic heterocycles. The highest BCUT2D eigenvalue weighted by Crippen LogP contribution is 2.27. The van der Waals surface area contributed by atoms with E-state index in [0.717, 1.165) is 22.7 Å². The van der Waals surface area contributed by atoms with Crippen molar-refractivity contribution in [3.8, 4) is 11.4 Å². The number of nitrogen functional groups attached to an aromatic ring is 1. The number of nitrogens with zero attached hydrogens (tertiary/aromatic N) is 2. The van der Waals surface area contributed by atoms with Gasteiger partial charge in [-0.25, -0.2) is 9.98 Å². The Morgan fingerprint density at radius 2 is 2.24 bits per heavy atom. The molecule has 0 spiro atoms. The third-order valence-electron chi connectivity index (χ3n) is 2.42. The molecule has 86 valence electrons. The Labute approximate surface area is 99.9 Å². The summed E-state index contributed by atoms with van der Waals surface area (Å²) in [7, 11) is 0. The second-order valence-corrected chi connectivity index (χ2v) is 3.85. The quantitative estimate of drug-likeness (QED) is 0.624. The van der Waals surface area contributed by atoms with Crippen LogP contribution >= 0.6 is 0 Å². The molecule has 0 aliphatic rings. The van der Waals surface area contributed by atoms with Gasteiger partial charge in [0.05, 0.1) is 5.69 Å². The number of hydrogen-bond acceptors (Lipinski definition) is 3. The van der Waals surface area contributed by atoms with Gasteiger partial charge in [0.1, 0.15) is 5.82 Å². The van der Waals surface area contributed by atoms with Crippen molar-refractivity contribution < 1.29 is 0 Å². The number of allylic oxidation sites excluding steroid dienone is 1. The Morgan fingerprint density at radius 1 is 1.47 bits per heavy atom. The Kier molecular flexibility index (Phi) is 2.78. The molecule has 0 saturated carbocycles. The molecule has 0 unspecified atom stereocenters. The van der Waals surface area contributed by atoms with Gasteiger partial charge in [0, 0.05) is 11.3 Å². The molecule has 0 bridgehead atoms. The van der Waals surface area contributed by atoms with E-state index >= 15 is 0 Å². The highest BCUT2D eigenvalue weighted by molar-refractivity contribution is 5.73. The molecule has 0 atom stereocenters. The van der Waals surface area contributed by atoms with Crippen LogP contribution in [0, 0.1) is 0 Å². The summed E-state index contributed by atoms with van der Waals surface area (Å²) >= 11 is 0. The zero-order chi connectivity index (χ0) is 12.4. The van der Waals surface area contributed by atoms with Crippen LogP contribution in [0.25, 0.3) is 17.0 Å². The molecule has 0 aliphatic carbocycles. The van der Waals surface area contributed by atoms with Gasteiger partial charge in [0.15, 0.2) is 5.82 Å². The topological polar surface area (TPSA) is 67.1 Å². The van der Waals surface area contributed by atoms with Crippen molar-refractivity contribution in [1.82, 2.24) is 9.97 Å². The number of aromatic amines is 1.